The molecule has 1 atom stereocenters. The van der Waals surface area contributed by atoms with E-state index in [1.54, 1.807) is 41.5 Å². The van der Waals surface area contributed by atoms with Gasteiger partial charge in [-0.2, -0.15) is 4.90 Å². The van der Waals surface area contributed by atoms with Crippen molar-refractivity contribution < 1.29 is 33.4 Å². The minimum absolute atomic E-state index is 0.0261. The molecule has 30 heavy (non-hydrogen) atoms. The molecule has 0 fully saturated rings. The zero-order valence-electron chi connectivity index (χ0n) is 20.5. The van der Waals surface area contributed by atoms with Crippen LogP contribution in [0.15, 0.2) is 0 Å². The highest BCUT2D eigenvalue weighted by atomic mass is 28.4. The van der Waals surface area contributed by atoms with Crippen molar-refractivity contribution in [2.75, 3.05) is 6.61 Å². The quantitative estimate of drug-likeness (QED) is 0.411. The maximum Gasteiger partial charge on any atom is 0.420 e. The molecule has 8 nitrogen and oxygen atoms in total. The molecule has 0 saturated carbocycles. The number of carbonyl (C=O) groups excluding carboxylic acids is 2. The van der Waals surface area contributed by atoms with Gasteiger partial charge in [-0.1, -0.05) is 20.8 Å². The van der Waals surface area contributed by atoms with Gasteiger partial charge in [0, 0.05) is 6.61 Å². The smallest absolute Gasteiger partial charge is 0.420 e. The van der Waals surface area contributed by atoms with E-state index in [9.17, 15) is 19.5 Å². The Hall–Kier alpha value is -1.61. The van der Waals surface area contributed by atoms with Crippen molar-refractivity contribution in [2.45, 2.75) is 111 Å². The lowest BCUT2D eigenvalue weighted by Crippen LogP contribution is -2.52. The van der Waals surface area contributed by atoms with Crippen molar-refractivity contribution in [2.24, 2.45) is 0 Å². The second kappa shape index (κ2) is 10.1. The van der Waals surface area contributed by atoms with Gasteiger partial charge in [0.05, 0.1) is 0 Å². The molecule has 0 aliphatic heterocycles. The third-order valence-corrected chi connectivity index (χ3v) is 9.21. The van der Waals surface area contributed by atoms with Crippen LogP contribution in [0, 0.1) is 0 Å². The van der Waals surface area contributed by atoms with Crippen LogP contribution >= 0.6 is 0 Å². The summed E-state index contributed by atoms with van der Waals surface area (Å²) in [5, 5.41) is 9.76. The lowest BCUT2D eigenvalue weighted by atomic mass is 10.1. The summed E-state index contributed by atoms with van der Waals surface area (Å²) in [4.78, 5) is 37.8. The van der Waals surface area contributed by atoms with Crippen LogP contribution < -0.4 is 0 Å². The molecule has 9 heteroatoms. The van der Waals surface area contributed by atoms with E-state index in [1.807, 2.05) is 0 Å². The van der Waals surface area contributed by atoms with Gasteiger partial charge < -0.3 is 19.0 Å². The number of nitrogens with zero attached hydrogens (tertiary/aromatic N) is 1. The van der Waals surface area contributed by atoms with Gasteiger partial charge in [-0.05, 0) is 72.5 Å². The highest BCUT2D eigenvalue weighted by molar-refractivity contribution is 6.74. The normalized spacial score (nSPS) is 14.1. The number of carboxylic acids is 1. The molecular weight excluding hydrogens is 406 g/mol. The van der Waals surface area contributed by atoms with Crippen LogP contribution in [0.3, 0.4) is 0 Å². The number of carboxylic acid groups (broad SMARTS) is 1. The minimum Gasteiger partial charge on any atom is -0.480 e. The topological polar surface area (TPSA) is 102 Å². The van der Waals surface area contributed by atoms with Crippen molar-refractivity contribution in [1.29, 1.82) is 0 Å². The molecule has 2 amide bonds. The first-order chi connectivity index (χ1) is 13.2. The second-order valence-corrected chi connectivity index (χ2v) is 15.7. The van der Waals surface area contributed by atoms with E-state index in [2.05, 4.69) is 33.9 Å². The summed E-state index contributed by atoms with van der Waals surface area (Å²) < 4.78 is 16.6. The number of carbonyl (C=O) groups is 3. The van der Waals surface area contributed by atoms with Crippen LogP contribution in [0.4, 0.5) is 9.59 Å². The van der Waals surface area contributed by atoms with E-state index in [4.69, 9.17) is 13.9 Å². The number of hydrogen-bond acceptors (Lipinski definition) is 6. The Balaban J connectivity index is 5.48. The molecule has 1 N–H and O–H groups in total. The molecule has 0 aliphatic carbocycles. The molecule has 176 valence electrons. The summed E-state index contributed by atoms with van der Waals surface area (Å²) in [5.74, 6) is -1.31. The van der Waals surface area contributed by atoms with Crippen LogP contribution in [0.5, 0.6) is 0 Å². The van der Waals surface area contributed by atoms with Gasteiger partial charge in [0.15, 0.2) is 8.32 Å². The standard InChI is InChI=1S/C21H41NO7Si/c1-19(2,3)28-17(25)22(18(26)29-20(4,5)6)15(16(23)24)13-12-14-27-30(10,11)21(7,8)9/h15H,12-14H2,1-11H3,(H,23,24)/t15-/m0/s1. The maximum atomic E-state index is 12.7. The summed E-state index contributed by atoms with van der Waals surface area (Å²) in [6, 6.07) is -1.42. The zero-order chi connectivity index (χ0) is 24.1. The number of imide groups is 1. The number of rotatable bonds is 7. The van der Waals surface area contributed by atoms with E-state index >= 15 is 0 Å². The predicted octanol–water partition coefficient (Wildman–Crippen LogP) is 5.41. The van der Waals surface area contributed by atoms with E-state index in [-0.39, 0.29) is 11.5 Å². The van der Waals surface area contributed by atoms with E-state index < -0.39 is 43.7 Å². The van der Waals surface area contributed by atoms with Gasteiger partial charge in [0.1, 0.15) is 17.2 Å². The lowest BCUT2D eigenvalue weighted by molar-refractivity contribution is -0.143. The third-order valence-electron chi connectivity index (χ3n) is 4.67. The molecule has 0 radical (unpaired) electrons. The van der Waals surface area contributed by atoms with Crippen LogP contribution in [0.1, 0.15) is 75.2 Å². The fourth-order valence-corrected chi connectivity index (χ4v) is 3.22. The molecule has 0 spiro atoms. The van der Waals surface area contributed by atoms with Gasteiger partial charge in [-0.15, -0.1) is 0 Å². The van der Waals surface area contributed by atoms with Crippen molar-refractivity contribution >= 4 is 26.5 Å². The summed E-state index contributed by atoms with van der Waals surface area (Å²) >= 11 is 0. The van der Waals surface area contributed by atoms with Gasteiger partial charge in [0.2, 0.25) is 0 Å². The average Bonchev–Trinajstić information content (AvgIpc) is 2.44. The average molecular weight is 448 g/mol. The summed E-state index contributed by atoms with van der Waals surface area (Å²) in [6.45, 7) is 20.7. The third kappa shape index (κ3) is 9.93. The molecule has 0 saturated heterocycles. The fourth-order valence-electron chi connectivity index (χ4n) is 2.13. The lowest BCUT2D eigenvalue weighted by Gasteiger charge is -2.36. The SMILES string of the molecule is CC(C)(C)OC(=O)N(C(=O)OC(C)(C)C)[C@@H](CCCO[Si](C)(C)C(C)(C)C)C(=O)O. The summed E-state index contributed by atoms with van der Waals surface area (Å²) in [5.41, 5.74) is -1.79. The molecular formula is C21H41NO7Si. The van der Waals surface area contributed by atoms with E-state index in [1.165, 1.54) is 0 Å². The van der Waals surface area contributed by atoms with Crippen molar-refractivity contribution in [3.05, 3.63) is 0 Å². The first kappa shape index (κ1) is 28.4. The van der Waals surface area contributed by atoms with Crippen molar-refractivity contribution in [3.63, 3.8) is 0 Å². The van der Waals surface area contributed by atoms with Crippen LogP contribution in [-0.4, -0.2) is 60.3 Å². The summed E-state index contributed by atoms with van der Waals surface area (Å²) in [7, 11) is -1.98. The molecule has 0 bridgehead atoms. The number of aliphatic carboxylic acids is 1. The van der Waals surface area contributed by atoms with Crippen molar-refractivity contribution in [3.8, 4) is 0 Å². The van der Waals surface area contributed by atoms with Crippen molar-refractivity contribution in [1.82, 2.24) is 4.90 Å². The highest BCUT2D eigenvalue weighted by Gasteiger charge is 2.41. The molecule has 0 aromatic rings. The predicted molar refractivity (Wildman–Crippen MR) is 118 cm³/mol. The summed E-state index contributed by atoms with van der Waals surface area (Å²) in [6.07, 6.45) is -1.70. The monoisotopic (exact) mass is 447 g/mol. The van der Waals surface area contributed by atoms with Gasteiger partial charge in [-0.25, -0.2) is 14.4 Å². The minimum atomic E-state index is -1.98. The molecule has 0 unspecified atom stereocenters. The fraction of sp³-hybridized carbons (Fsp3) is 0.857. The van der Waals surface area contributed by atoms with E-state index in [0.29, 0.717) is 17.9 Å². The van der Waals surface area contributed by atoms with Crippen LogP contribution in [0.2, 0.25) is 18.1 Å². The Bertz CT molecular complexity index is 584. The molecule has 0 rings (SSSR count). The van der Waals surface area contributed by atoms with Crippen LogP contribution in [-0.2, 0) is 18.7 Å². The molecule has 0 aliphatic rings. The first-order valence-corrected chi connectivity index (χ1v) is 13.2. The Morgan fingerprint density at radius 3 is 1.57 bits per heavy atom. The first-order valence-electron chi connectivity index (χ1n) is 10.3. The van der Waals surface area contributed by atoms with Gasteiger partial charge >= 0.3 is 18.2 Å². The Labute approximate surface area is 182 Å². The largest absolute Gasteiger partial charge is 0.480 e. The molecule has 0 heterocycles. The number of ether oxygens (including phenoxy) is 2. The molecule has 0 aromatic heterocycles. The second-order valence-electron chi connectivity index (χ2n) is 10.9. The Morgan fingerprint density at radius 2 is 1.27 bits per heavy atom. The van der Waals surface area contributed by atoms with Gasteiger partial charge in [-0.3, -0.25) is 0 Å². The zero-order valence-corrected chi connectivity index (χ0v) is 21.5. The highest BCUT2D eigenvalue weighted by Crippen LogP contribution is 2.36. The Morgan fingerprint density at radius 1 is 0.867 bits per heavy atom. The van der Waals surface area contributed by atoms with Gasteiger partial charge in [0.25, 0.3) is 0 Å². The van der Waals surface area contributed by atoms with Crippen LogP contribution in [0.25, 0.3) is 0 Å². The van der Waals surface area contributed by atoms with E-state index in [0.717, 1.165) is 0 Å². The Kier molecular flexibility index (Phi) is 9.59. The maximum absolute atomic E-state index is 12.7. The molecule has 0 aromatic carbocycles. The number of hydrogen-bond donors (Lipinski definition) is 1. The number of amides is 2.